The van der Waals surface area contributed by atoms with E-state index in [1.54, 1.807) is 11.8 Å². The van der Waals surface area contributed by atoms with Crippen molar-refractivity contribution >= 4 is 29.5 Å². The van der Waals surface area contributed by atoms with E-state index >= 15 is 0 Å². The van der Waals surface area contributed by atoms with Gasteiger partial charge in [-0.3, -0.25) is 19.7 Å². The van der Waals surface area contributed by atoms with E-state index in [2.05, 4.69) is 16.0 Å². The second-order valence-corrected chi connectivity index (χ2v) is 7.07. The van der Waals surface area contributed by atoms with Gasteiger partial charge in [0, 0.05) is 37.2 Å². The van der Waals surface area contributed by atoms with Crippen LogP contribution in [0.5, 0.6) is 0 Å². The quantitative estimate of drug-likeness (QED) is 0.621. The molecule has 0 aromatic heterocycles. The average molecular weight is 326 g/mol. The summed E-state index contributed by atoms with van der Waals surface area (Å²) >= 11 is 1.75. The Bertz CT molecular complexity index is 459. The number of nitrogens with one attached hydrogen (secondary N) is 3. The zero-order chi connectivity index (χ0) is 15.5. The monoisotopic (exact) mass is 326 g/mol. The summed E-state index contributed by atoms with van der Waals surface area (Å²) in [7, 11) is 0. The van der Waals surface area contributed by atoms with Crippen LogP contribution in [0.1, 0.15) is 25.7 Å². The maximum Gasteiger partial charge on any atom is 0.242 e. The fourth-order valence-electron chi connectivity index (χ4n) is 3.13. The van der Waals surface area contributed by atoms with Crippen LogP contribution < -0.4 is 16.0 Å². The van der Waals surface area contributed by atoms with Crippen molar-refractivity contribution in [3.05, 3.63) is 0 Å². The van der Waals surface area contributed by atoms with Gasteiger partial charge in [0.15, 0.2) is 0 Å². The Hall–Kier alpha value is -1.28. The van der Waals surface area contributed by atoms with Gasteiger partial charge in [-0.1, -0.05) is 0 Å². The molecule has 3 saturated heterocycles. The highest BCUT2D eigenvalue weighted by molar-refractivity contribution is 7.99. The summed E-state index contributed by atoms with van der Waals surface area (Å²) in [5, 5.41) is 8.88. The van der Waals surface area contributed by atoms with Gasteiger partial charge < -0.3 is 15.5 Å². The zero-order valence-electron chi connectivity index (χ0n) is 12.5. The second kappa shape index (κ2) is 6.87. The van der Waals surface area contributed by atoms with Crippen molar-refractivity contribution in [1.82, 2.24) is 20.9 Å². The Labute approximate surface area is 133 Å². The van der Waals surface area contributed by atoms with Crippen molar-refractivity contribution in [3.63, 3.8) is 0 Å². The summed E-state index contributed by atoms with van der Waals surface area (Å²) in [6.07, 6.45) is 2.56. The number of nitrogens with zero attached hydrogens (tertiary/aromatic N) is 1. The number of likely N-dealkylation sites (tertiary alicyclic amines) is 1. The van der Waals surface area contributed by atoms with Crippen molar-refractivity contribution in [2.45, 2.75) is 43.8 Å². The van der Waals surface area contributed by atoms with Gasteiger partial charge in [0.05, 0.1) is 6.04 Å². The molecule has 7 nitrogen and oxygen atoms in total. The van der Waals surface area contributed by atoms with Gasteiger partial charge >= 0.3 is 0 Å². The van der Waals surface area contributed by atoms with Crippen LogP contribution in [0, 0.1) is 0 Å². The van der Waals surface area contributed by atoms with Gasteiger partial charge in [0.2, 0.25) is 17.7 Å². The molecule has 3 aliphatic heterocycles. The fourth-order valence-corrected chi connectivity index (χ4v) is 4.06. The first kappa shape index (κ1) is 15.6. The van der Waals surface area contributed by atoms with Crippen LogP contribution in [0.25, 0.3) is 0 Å². The standard InChI is InChI=1S/C14H22N4O3S/c19-12-2-1-10(17-12)13(20)16-9-3-5-18(6-4-9)14(21)11-7-22-8-15-11/h9-11,15H,1-8H2,(H,16,20)(H,17,19). The summed E-state index contributed by atoms with van der Waals surface area (Å²) in [6.45, 7) is 1.37. The Morgan fingerprint density at radius 2 is 1.95 bits per heavy atom. The first-order valence-electron chi connectivity index (χ1n) is 7.83. The molecular weight excluding hydrogens is 304 g/mol. The van der Waals surface area contributed by atoms with Crippen LogP contribution in [-0.4, -0.2) is 65.5 Å². The molecule has 3 fully saturated rings. The SMILES string of the molecule is O=C1CCC(C(=O)NC2CCN(C(=O)C3CSCN3)CC2)N1. The van der Waals surface area contributed by atoms with E-state index in [-0.39, 0.29) is 35.8 Å². The molecule has 0 bridgehead atoms. The van der Waals surface area contributed by atoms with Gasteiger partial charge in [-0.2, -0.15) is 0 Å². The molecule has 122 valence electrons. The third-order valence-corrected chi connectivity index (χ3v) is 5.42. The third kappa shape index (κ3) is 3.55. The molecule has 3 heterocycles. The smallest absolute Gasteiger partial charge is 0.242 e. The fraction of sp³-hybridized carbons (Fsp3) is 0.786. The molecule has 0 aromatic carbocycles. The summed E-state index contributed by atoms with van der Waals surface area (Å²) in [5.41, 5.74) is 0. The van der Waals surface area contributed by atoms with E-state index in [1.807, 2.05) is 4.90 Å². The molecule has 2 atom stereocenters. The molecule has 3 rings (SSSR count). The van der Waals surface area contributed by atoms with Crippen molar-refractivity contribution in [1.29, 1.82) is 0 Å². The number of thioether (sulfide) groups is 1. The van der Waals surface area contributed by atoms with Gasteiger partial charge in [-0.05, 0) is 19.3 Å². The molecule has 2 unspecified atom stereocenters. The van der Waals surface area contributed by atoms with Crippen LogP contribution in [0.3, 0.4) is 0 Å². The molecule has 3 amide bonds. The molecule has 3 N–H and O–H groups in total. The summed E-state index contributed by atoms with van der Waals surface area (Å²) in [6, 6.07) is -0.336. The maximum absolute atomic E-state index is 12.3. The Kier molecular flexibility index (Phi) is 4.87. The largest absolute Gasteiger partial charge is 0.351 e. The highest BCUT2D eigenvalue weighted by Crippen LogP contribution is 2.17. The molecule has 0 aromatic rings. The third-order valence-electron chi connectivity index (χ3n) is 4.48. The molecule has 0 radical (unpaired) electrons. The lowest BCUT2D eigenvalue weighted by Gasteiger charge is -2.34. The molecule has 0 saturated carbocycles. The second-order valence-electron chi connectivity index (χ2n) is 6.04. The lowest BCUT2D eigenvalue weighted by molar-refractivity contribution is -0.134. The lowest BCUT2D eigenvalue weighted by atomic mass is 10.0. The molecular formula is C14H22N4O3S. The van der Waals surface area contributed by atoms with Crippen molar-refractivity contribution < 1.29 is 14.4 Å². The van der Waals surface area contributed by atoms with Crippen LogP contribution in [0.15, 0.2) is 0 Å². The number of hydrogen-bond acceptors (Lipinski definition) is 5. The van der Waals surface area contributed by atoms with Gasteiger partial charge in [0.1, 0.15) is 6.04 Å². The van der Waals surface area contributed by atoms with E-state index in [4.69, 9.17) is 0 Å². The number of carbonyl (C=O) groups is 3. The average Bonchev–Trinajstić information content (AvgIpc) is 3.18. The summed E-state index contributed by atoms with van der Waals surface area (Å²) in [5.74, 6) is 1.72. The number of hydrogen-bond donors (Lipinski definition) is 3. The van der Waals surface area contributed by atoms with Gasteiger partial charge in [-0.15, -0.1) is 11.8 Å². The predicted molar refractivity (Wildman–Crippen MR) is 83.2 cm³/mol. The Balaban J connectivity index is 1.42. The maximum atomic E-state index is 12.3. The topological polar surface area (TPSA) is 90.5 Å². The minimum atomic E-state index is -0.383. The zero-order valence-corrected chi connectivity index (χ0v) is 13.3. The number of amides is 3. The molecule has 8 heteroatoms. The number of rotatable bonds is 3. The van der Waals surface area contributed by atoms with Crippen LogP contribution in [0.2, 0.25) is 0 Å². The predicted octanol–water partition coefficient (Wildman–Crippen LogP) is -0.965. The van der Waals surface area contributed by atoms with Crippen LogP contribution in [0.4, 0.5) is 0 Å². The lowest BCUT2D eigenvalue weighted by Crippen LogP contribution is -2.53. The number of piperidine rings is 1. The summed E-state index contributed by atoms with van der Waals surface area (Å²) < 4.78 is 0. The van der Waals surface area contributed by atoms with Gasteiger partial charge in [-0.25, -0.2) is 0 Å². The van der Waals surface area contributed by atoms with E-state index in [0.717, 1.165) is 24.5 Å². The van der Waals surface area contributed by atoms with E-state index < -0.39 is 0 Å². The highest BCUT2D eigenvalue weighted by Gasteiger charge is 2.32. The van der Waals surface area contributed by atoms with Crippen LogP contribution >= 0.6 is 11.8 Å². The van der Waals surface area contributed by atoms with E-state index in [0.29, 0.717) is 25.9 Å². The molecule has 22 heavy (non-hydrogen) atoms. The molecule has 3 aliphatic rings. The first-order valence-corrected chi connectivity index (χ1v) is 8.98. The van der Waals surface area contributed by atoms with Crippen LogP contribution in [-0.2, 0) is 14.4 Å². The van der Waals surface area contributed by atoms with Crippen molar-refractivity contribution in [2.24, 2.45) is 0 Å². The van der Waals surface area contributed by atoms with E-state index in [1.165, 1.54) is 0 Å². The Morgan fingerprint density at radius 1 is 1.18 bits per heavy atom. The van der Waals surface area contributed by atoms with Crippen molar-refractivity contribution in [2.75, 3.05) is 24.7 Å². The highest BCUT2D eigenvalue weighted by atomic mass is 32.2. The Morgan fingerprint density at radius 3 is 2.55 bits per heavy atom. The normalized spacial score (nSPS) is 29.5. The van der Waals surface area contributed by atoms with E-state index in [9.17, 15) is 14.4 Å². The molecule has 0 aliphatic carbocycles. The first-order chi connectivity index (χ1) is 10.6. The van der Waals surface area contributed by atoms with Crippen molar-refractivity contribution in [3.8, 4) is 0 Å². The van der Waals surface area contributed by atoms with Gasteiger partial charge in [0.25, 0.3) is 0 Å². The minimum absolute atomic E-state index is 0.0511. The summed E-state index contributed by atoms with van der Waals surface area (Å²) in [4.78, 5) is 37.4. The minimum Gasteiger partial charge on any atom is -0.351 e. The number of carbonyl (C=O) groups excluding carboxylic acids is 3. The molecule has 0 spiro atoms.